The highest BCUT2D eigenvalue weighted by molar-refractivity contribution is 5.77. The molecule has 0 saturated heterocycles. The van der Waals surface area contributed by atoms with Crippen LogP contribution in [0.1, 0.15) is 23.0 Å². The summed E-state index contributed by atoms with van der Waals surface area (Å²) in [5.74, 6) is -3.87. The van der Waals surface area contributed by atoms with Gasteiger partial charge in [-0.2, -0.15) is 18.2 Å². The fourth-order valence-corrected chi connectivity index (χ4v) is 3.25. The second-order valence-corrected chi connectivity index (χ2v) is 6.66. The van der Waals surface area contributed by atoms with Crippen molar-refractivity contribution in [1.29, 1.82) is 0 Å². The van der Waals surface area contributed by atoms with E-state index in [1.54, 1.807) is 0 Å². The SMILES string of the molecule is COc1cc([C@H]2C=C(c3ccccc3F)Nc3nc(C(F)(F)F)nn32)cc([N+](=O)[O-])c1[O-]. The molecule has 0 fully saturated rings. The second kappa shape index (κ2) is 7.51. The monoisotopic (exact) mass is 450 g/mol. The molecule has 2 heterocycles. The van der Waals surface area contributed by atoms with Gasteiger partial charge in [-0.05, 0) is 29.8 Å². The van der Waals surface area contributed by atoms with Crippen LogP contribution in [0.4, 0.5) is 29.2 Å². The molecule has 1 aromatic heterocycles. The van der Waals surface area contributed by atoms with Crippen molar-refractivity contribution in [3.63, 3.8) is 0 Å². The summed E-state index contributed by atoms with van der Waals surface area (Å²) in [6, 6.07) is 6.38. The summed E-state index contributed by atoms with van der Waals surface area (Å²) in [7, 11) is 1.12. The number of rotatable bonds is 4. The summed E-state index contributed by atoms with van der Waals surface area (Å²) < 4.78 is 59.8. The first kappa shape index (κ1) is 21.1. The topological polar surface area (TPSA) is 118 Å². The first-order valence-corrected chi connectivity index (χ1v) is 8.91. The smallest absolute Gasteiger partial charge is 0.453 e. The van der Waals surface area contributed by atoms with Gasteiger partial charge in [0.1, 0.15) is 17.6 Å². The summed E-state index contributed by atoms with van der Waals surface area (Å²) in [5, 5.41) is 29.6. The highest BCUT2D eigenvalue weighted by Gasteiger charge is 2.39. The number of hydrogen-bond donors (Lipinski definition) is 1. The van der Waals surface area contributed by atoms with E-state index in [1.165, 1.54) is 24.3 Å². The molecule has 0 unspecified atom stereocenters. The Bertz CT molecular complexity index is 1260. The first-order valence-electron chi connectivity index (χ1n) is 8.91. The van der Waals surface area contributed by atoms with Gasteiger partial charge in [0.2, 0.25) is 5.95 Å². The van der Waals surface area contributed by atoms with Crippen molar-refractivity contribution in [2.75, 3.05) is 12.4 Å². The summed E-state index contributed by atoms with van der Waals surface area (Å²) in [4.78, 5) is 13.8. The van der Waals surface area contributed by atoms with Gasteiger partial charge in [0, 0.05) is 23.1 Å². The molecule has 0 bridgehead atoms. The molecule has 1 aliphatic heterocycles. The predicted molar refractivity (Wildman–Crippen MR) is 100 cm³/mol. The van der Waals surface area contributed by atoms with Crippen molar-refractivity contribution < 1.29 is 32.3 Å². The van der Waals surface area contributed by atoms with Crippen LogP contribution in [0.3, 0.4) is 0 Å². The van der Waals surface area contributed by atoms with Crippen LogP contribution < -0.4 is 15.2 Å². The van der Waals surface area contributed by atoms with Crippen LogP contribution in [0.25, 0.3) is 5.70 Å². The summed E-state index contributed by atoms with van der Waals surface area (Å²) in [6.45, 7) is 0. The lowest BCUT2D eigenvalue weighted by Crippen LogP contribution is -2.21. The van der Waals surface area contributed by atoms with Gasteiger partial charge < -0.3 is 15.2 Å². The number of anilines is 1. The number of methoxy groups -OCH3 is 1. The van der Waals surface area contributed by atoms with E-state index in [4.69, 9.17) is 4.74 Å². The third-order valence-corrected chi connectivity index (χ3v) is 4.70. The fraction of sp³-hybridized carbons (Fsp3) is 0.158. The number of halogens is 4. The van der Waals surface area contributed by atoms with Gasteiger partial charge in [0.05, 0.1) is 12.0 Å². The number of nitrogens with zero attached hydrogens (tertiary/aromatic N) is 4. The van der Waals surface area contributed by atoms with Crippen LogP contribution in [0.15, 0.2) is 42.5 Å². The second-order valence-electron chi connectivity index (χ2n) is 6.66. The zero-order valence-electron chi connectivity index (χ0n) is 16.1. The van der Waals surface area contributed by atoms with E-state index in [1.807, 2.05) is 0 Å². The number of nitro benzene ring substituents is 1. The average molecular weight is 450 g/mol. The van der Waals surface area contributed by atoms with Gasteiger partial charge in [-0.3, -0.25) is 10.1 Å². The summed E-state index contributed by atoms with van der Waals surface area (Å²) >= 11 is 0. The van der Waals surface area contributed by atoms with Crippen LogP contribution in [0.2, 0.25) is 0 Å². The lowest BCUT2D eigenvalue weighted by atomic mass is 10.0. The molecule has 3 aromatic rings. The number of ether oxygens (including phenoxy) is 1. The van der Waals surface area contributed by atoms with E-state index in [-0.39, 0.29) is 28.5 Å². The van der Waals surface area contributed by atoms with Gasteiger partial charge in [0.15, 0.2) is 0 Å². The molecule has 2 aromatic carbocycles. The molecule has 32 heavy (non-hydrogen) atoms. The third-order valence-electron chi connectivity index (χ3n) is 4.70. The molecule has 1 atom stereocenters. The van der Waals surface area contributed by atoms with Crippen LogP contribution >= 0.6 is 0 Å². The maximum atomic E-state index is 14.4. The van der Waals surface area contributed by atoms with Crippen LogP contribution in [0.5, 0.6) is 11.5 Å². The largest absolute Gasteiger partial charge is 0.865 e. The Morgan fingerprint density at radius 2 is 1.97 bits per heavy atom. The molecule has 0 spiro atoms. The Hall–Kier alpha value is -4.16. The molecule has 9 nitrogen and oxygen atoms in total. The first-order chi connectivity index (χ1) is 15.1. The van der Waals surface area contributed by atoms with Gasteiger partial charge in [-0.25, -0.2) is 9.07 Å². The Kier molecular flexibility index (Phi) is 4.95. The highest BCUT2D eigenvalue weighted by Crippen LogP contribution is 2.41. The van der Waals surface area contributed by atoms with Gasteiger partial charge in [0.25, 0.3) is 11.5 Å². The number of nitro groups is 1. The highest BCUT2D eigenvalue weighted by atomic mass is 19.4. The summed E-state index contributed by atoms with van der Waals surface area (Å²) in [6.07, 6.45) is -3.56. The minimum Gasteiger partial charge on any atom is -0.865 e. The quantitative estimate of drug-likeness (QED) is 0.367. The Labute approximate surface area is 176 Å². The maximum absolute atomic E-state index is 14.4. The lowest BCUT2D eigenvalue weighted by Gasteiger charge is -2.25. The number of fused-ring (bicyclic) bond motifs is 1. The van der Waals surface area contributed by atoms with Crippen molar-refractivity contribution in [2.24, 2.45) is 0 Å². The number of aromatic nitrogens is 3. The molecule has 0 amide bonds. The number of hydrogen-bond acceptors (Lipinski definition) is 7. The Balaban J connectivity index is 1.95. The van der Waals surface area contributed by atoms with Crippen LogP contribution in [-0.4, -0.2) is 26.8 Å². The van der Waals surface area contributed by atoms with Crippen LogP contribution in [0, 0.1) is 15.9 Å². The van der Waals surface area contributed by atoms with E-state index in [9.17, 15) is 32.8 Å². The van der Waals surface area contributed by atoms with E-state index in [2.05, 4.69) is 15.4 Å². The standard InChI is InChI=1S/C19H13F4N5O4/c1-32-15-7-9(6-14(16(15)29)28(30)31)13-8-12(10-4-2-3-5-11(10)20)24-18-25-17(19(21,22)23)26-27(13)18/h2-8,13,29H,1H3,(H,24,25,26)/p-1/t13-/m1/s1. The van der Waals surface area contributed by atoms with Gasteiger partial charge >= 0.3 is 6.18 Å². The van der Waals surface area contributed by atoms with E-state index < -0.39 is 40.2 Å². The molecule has 4 rings (SSSR count). The molecule has 1 N–H and O–H groups in total. The number of alkyl halides is 3. The third kappa shape index (κ3) is 3.57. The molecule has 1 aliphatic rings. The molecule has 0 aliphatic carbocycles. The zero-order chi connectivity index (χ0) is 23.2. The molecule has 0 saturated carbocycles. The van der Waals surface area contributed by atoms with Crippen molar-refractivity contribution in [1.82, 2.24) is 14.8 Å². The van der Waals surface area contributed by atoms with E-state index in [0.717, 1.165) is 30.0 Å². The molecule has 166 valence electrons. The number of benzene rings is 2. The normalized spacial score (nSPS) is 15.5. The van der Waals surface area contributed by atoms with Gasteiger partial charge in [-0.1, -0.05) is 12.1 Å². The Morgan fingerprint density at radius 3 is 2.59 bits per heavy atom. The molecule has 13 heteroatoms. The molecular weight excluding hydrogens is 438 g/mol. The summed E-state index contributed by atoms with van der Waals surface area (Å²) in [5.41, 5.74) is -0.725. The van der Waals surface area contributed by atoms with E-state index in [0.29, 0.717) is 0 Å². The van der Waals surface area contributed by atoms with E-state index >= 15 is 0 Å². The fourth-order valence-electron chi connectivity index (χ4n) is 3.25. The van der Waals surface area contributed by atoms with Crippen LogP contribution in [-0.2, 0) is 6.18 Å². The zero-order valence-corrected chi connectivity index (χ0v) is 16.1. The minimum absolute atomic E-state index is 0.0170. The lowest BCUT2D eigenvalue weighted by molar-refractivity contribution is -0.398. The number of nitrogens with one attached hydrogen (secondary N) is 1. The average Bonchev–Trinajstić information content (AvgIpc) is 3.18. The number of allylic oxidation sites excluding steroid dienone is 1. The molecular formula is C19H12F4N5O4-. The van der Waals surface area contributed by atoms with Crippen molar-refractivity contribution in [3.8, 4) is 11.5 Å². The maximum Gasteiger partial charge on any atom is 0.453 e. The van der Waals surface area contributed by atoms with Gasteiger partial charge in [-0.15, -0.1) is 5.10 Å². The predicted octanol–water partition coefficient (Wildman–Crippen LogP) is 3.48. The Morgan fingerprint density at radius 1 is 1.25 bits per heavy atom. The van der Waals surface area contributed by atoms with Crippen molar-refractivity contribution >= 4 is 17.3 Å². The molecule has 0 radical (unpaired) electrons. The minimum atomic E-state index is -4.88. The van der Waals surface area contributed by atoms with Crippen molar-refractivity contribution in [3.05, 3.63) is 75.4 Å². The van der Waals surface area contributed by atoms with Crippen molar-refractivity contribution in [2.45, 2.75) is 12.2 Å².